The minimum absolute atomic E-state index is 0.244. The quantitative estimate of drug-likeness (QED) is 0.824. The molecule has 0 amide bonds. The Balaban J connectivity index is 2.08. The van der Waals surface area contributed by atoms with E-state index in [4.69, 9.17) is 0 Å². The number of hydrogen-bond donors (Lipinski definition) is 1. The average Bonchev–Trinajstić information content (AvgIpc) is 2.28. The lowest BCUT2D eigenvalue weighted by molar-refractivity contribution is 0.0551. The van der Waals surface area contributed by atoms with E-state index in [2.05, 4.69) is 13.8 Å². The van der Waals surface area contributed by atoms with E-state index in [-0.39, 0.29) is 5.82 Å². The van der Waals surface area contributed by atoms with Crippen LogP contribution >= 0.6 is 0 Å². The minimum Gasteiger partial charge on any atom is -0.388 e. The molecule has 0 radical (unpaired) electrons. The highest BCUT2D eigenvalue weighted by Gasteiger charge is 2.29. The van der Waals surface area contributed by atoms with E-state index in [1.165, 1.54) is 18.6 Å². The molecule has 0 saturated heterocycles. The third kappa shape index (κ3) is 3.06. The van der Waals surface area contributed by atoms with Crippen LogP contribution in [0.5, 0.6) is 0 Å². The van der Waals surface area contributed by atoms with Crippen LogP contribution in [0.2, 0.25) is 0 Å². The Morgan fingerprint density at radius 1 is 1.06 bits per heavy atom. The van der Waals surface area contributed by atoms with Crippen LogP contribution < -0.4 is 0 Å². The molecule has 0 bridgehead atoms. The highest BCUT2D eigenvalue weighted by atomic mass is 19.1. The molecule has 1 aliphatic rings. The first kappa shape index (κ1) is 12.6. The Labute approximate surface area is 103 Å². The van der Waals surface area contributed by atoms with E-state index in [1.54, 1.807) is 12.1 Å². The molecule has 1 fully saturated rings. The van der Waals surface area contributed by atoms with E-state index in [1.807, 2.05) is 0 Å². The maximum Gasteiger partial charge on any atom is 0.123 e. The second-order valence-electron chi connectivity index (χ2n) is 5.67. The molecule has 1 aromatic rings. The summed E-state index contributed by atoms with van der Waals surface area (Å²) in [6.07, 6.45) is 2.96. The van der Waals surface area contributed by atoms with Crippen molar-refractivity contribution in [2.45, 2.75) is 39.2 Å². The van der Waals surface area contributed by atoms with Gasteiger partial charge in [0, 0.05) is 0 Å². The number of halogens is 1. The molecule has 1 saturated carbocycles. The second kappa shape index (κ2) is 5.18. The smallest absolute Gasteiger partial charge is 0.123 e. The number of aliphatic hydroxyl groups excluding tert-OH is 1. The van der Waals surface area contributed by atoms with Crippen molar-refractivity contribution in [2.75, 3.05) is 0 Å². The van der Waals surface area contributed by atoms with Gasteiger partial charge in [0.15, 0.2) is 0 Å². The Kier molecular flexibility index (Phi) is 3.82. The van der Waals surface area contributed by atoms with Gasteiger partial charge >= 0.3 is 0 Å². The van der Waals surface area contributed by atoms with Crippen LogP contribution in [0.15, 0.2) is 24.3 Å². The summed E-state index contributed by atoms with van der Waals surface area (Å²) in [5.74, 6) is 1.43. The molecule has 0 spiro atoms. The van der Waals surface area contributed by atoms with Crippen LogP contribution in [-0.2, 0) is 0 Å². The van der Waals surface area contributed by atoms with Crippen LogP contribution in [0.4, 0.5) is 4.39 Å². The zero-order valence-corrected chi connectivity index (χ0v) is 10.6. The topological polar surface area (TPSA) is 20.2 Å². The Bertz CT molecular complexity index is 350. The van der Waals surface area contributed by atoms with Crippen LogP contribution in [-0.4, -0.2) is 5.11 Å². The average molecular weight is 236 g/mol. The zero-order valence-electron chi connectivity index (χ0n) is 10.6. The Hall–Kier alpha value is -0.890. The molecule has 1 nitrogen and oxygen atoms in total. The second-order valence-corrected chi connectivity index (χ2v) is 5.67. The molecular formula is C15H21FO. The summed E-state index contributed by atoms with van der Waals surface area (Å²) >= 11 is 0. The molecule has 3 unspecified atom stereocenters. The summed E-state index contributed by atoms with van der Waals surface area (Å²) in [6, 6.07) is 6.25. The van der Waals surface area contributed by atoms with Gasteiger partial charge in [-0.05, 0) is 54.7 Å². The molecular weight excluding hydrogens is 215 g/mol. The minimum atomic E-state index is -0.444. The van der Waals surface area contributed by atoms with Crippen molar-refractivity contribution in [3.8, 4) is 0 Å². The van der Waals surface area contributed by atoms with Crippen LogP contribution in [0.3, 0.4) is 0 Å². The first-order valence-electron chi connectivity index (χ1n) is 6.49. The number of benzene rings is 1. The van der Waals surface area contributed by atoms with E-state index in [0.29, 0.717) is 17.8 Å². The summed E-state index contributed by atoms with van der Waals surface area (Å²) in [5.41, 5.74) is 0.845. The number of aliphatic hydroxyl groups is 1. The SMILES string of the molecule is CC1CC(C)CC(C(O)c2ccc(F)cc2)C1. The molecule has 94 valence electrons. The van der Waals surface area contributed by atoms with Gasteiger partial charge in [0.2, 0.25) is 0 Å². The lowest BCUT2D eigenvalue weighted by atomic mass is 9.73. The molecule has 1 N–H and O–H groups in total. The van der Waals surface area contributed by atoms with Gasteiger partial charge in [0.05, 0.1) is 6.10 Å². The van der Waals surface area contributed by atoms with Gasteiger partial charge < -0.3 is 5.11 Å². The van der Waals surface area contributed by atoms with E-state index in [0.717, 1.165) is 18.4 Å². The summed E-state index contributed by atoms with van der Waals surface area (Å²) in [5, 5.41) is 10.3. The Morgan fingerprint density at radius 2 is 1.59 bits per heavy atom. The van der Waals surface area contributed by atoms with Crippen molar-refractivity contribution in [1.29, 1.82) is 0 Å². The molecule has 17 heavy (non-hydrogen) atoms. The van der Waals surface area contributed by atoms with Crippen LogP contribution in [0.1, 0.15) is 44.8 Å². The molecule has 0 heterocycles. The van der Waals surface area contributed by atoms with Crippen molar-refractivity contribution in [1.82, 2.24) is 0 Å². The molecule has 1 aliphatic carbocycles. The monoisotopic (exact) mass is 236 g/mol. The maximum absolute atomic E-state index is 12.8. The fourth-order valence-corrected chi connectivity index (χ4v) is 3.20. The molecule has 0 aliphatic heterocycles. The predicted molar refractivity (Wildman–Crippen MR) is 67.0 cm³/mol. The fraction of sp³-hybridized carbons (Fsp3) is 0.600. The van der Waals surface area contributed by atoms with Gasteiger partial charge in [-0.25, -0.2) is 4.39 Å². The van der Waals surface area contributed by atoms with Crippen molar-refractivity contribution < 1.29 is 9.50 Å². The van der Waals surface area contributed by atoms with Crippen molar-refractivity contribution >= 4 is 0 Å². The standard InChI is InChI=1S/C15H21FO/c1-10-7-11(2)9-13(8-10)15(17)12-3-5-14(16)6-4-12/h3-6,10-11,13,15,17H,7-9H2,1-2H3. The molecule has 1 aromatic carbocycles. The van der Waals surface area contributed by atoms with Gasteiger partial charge in [-0.2, -0.15) is 0 Å². The lowest BCUT2D eigenvalue weighted by Gasteiger charge is -2.34. The van der Waals surface area contributed by atoms with Crippen molar-refractivity contribution in [3.05, 3.63) is 35.6 Å². The third-order valence-electron chi connectivity index (χ3n) is 3.87. The third-order valence-corrected chi connectivity index (χ3v) is 3.87. The van der Waals surface area contributed by atoms with Crippen LogP contribution in [0, 0.1) is 23.6 Å². The number of rotatable bonds is 2. The van der Waals surface area contributed by atoms with Gasteiger partial charge in [-0.1, -0.05) is 26.0 Å². The lowest BCUT2D eigenvalue weighted by Crippen LogP contribution is -2.24. The first-order chi connectivity index (χ1) is 8.06. The van der Waals surface area contributed by atoms with Gasteiger partial charge in [-0.3, -0.25) is 0 Å². The van der Waals surface area contributed by atoms with Crippen molar-refractivity contribution in [2.24, 2.45) is 17.8 Å². The summed E-state index contributed by atoms with van der Waals surface area (Å²) in [7, 11) is 0. The highest BCUT2D eigenvalue weighted by Crippen LogP contribution is 2.39. The van der Waals surface area contributed by atoms with Crippen LogP contribution in [0.25, 0.3) is 0 Å². The largest absolute Gasteiger partial charge is 0.388 e. The summed E-state index contributed by atoms with van der Waals surface area (Å²) in [6.45, 7) is 4.50. The van der Waals surface area contributed by atoms with Crippen molar-refractivity contribution in [3.63, 3.8) is 0 Å². The predicted octanol–water partition coefficient (Wildman–Crippen LogP) is 3.93. The highest BCUT2D eigenvalue weighted by molar-refractivity contribution is 5.19. The van der Waals surface area contributed by atoms with Gasteiger partial charge in [0.25, 0.3) is 0 Å². The number of hydrogen-bond acceptors (Lipinski definition) is 1. The molecule has 2 heteroatoms. The Morgan fingerprint density at radius 3 is 2.12 bits per heavy atom. The first-order valence-corrected chi connectivity index (χ1v) is 6.49. The van der Waals surface area contributed by atoms with E-state index < -0.39 is 6.10 Å². The fourth-order valence-electron chi connectivity index (χ4n) is 3.20. The zero-order chi connectivity index (χ0) is 12.4. The normalized spacial score (nSPS) is 31.2. The maximum atomic E-state index is 12.8. The molecule has 2 rings (SSSR count). The molecule has 3 atom stereocenters. The van der Waals surface area contributed by atoms with Gasteiger partial charge in [0.1, 0.15) is 5.82 Å². The summed E-state index contributed by atoms with van der Waals surface area (Å²) < 4.78 is 12.8. The summed E-state index contributed by atoms with van der Waals surface area (Å²) in [4.78, 5) is 0. The van der Waals surface area contributed by atoms with E-state index in [9.17, 15) is 9.50 Å². The molecule has 0 aromatic heterocycles. The van der Waals surface area contributed by atoms with E-state index >= 15 is 0 Å². The van der Waals surface area contributed by atoms with Gasteiger partial charge in [-0.15, -0.1) is 0 Å².